The highest BCUT2D eigenvalue weighted by Gasteiger charge is 2.38. The van der Waals surface area contributed by atoms with E-state index in [1.54, 1.807) is 0 Å². The van der Waals surface area contributed by atoms with E-state index in [1.807, 2.05) is 24.3 Å². The average Bonchev–Trinajstić information content (AvgIpc) is 2.61. The van der Waals surface area contributed by atoms with Crippen molar-refractivity contribution < 1.29 is 4.74 Å². The Kier molecular flexibility index (Phi) is 4.09. The lowest BCUT2D eigenvalue weighted by Gasteiger charge is -2.39. The second-order valence-electron chi connectivity index (χ2n) is 6.40. The minimum atomic E-state index is 0.184. The lowest BCUT2D eigenvalue weighted by atomic mass is 9.78. The van der Waals surface area contributed by atoms with Gasteiger partial charge in [-0.3, -0.25) is 0 Å². The van der Waals surface area contributed by atoms with Crippen LogP contribution < -0.4 is 0 Å². The molecular weight excluding hydrogens is 306 g/mol. The number of ether oxygens (including phenoxy) is 1. The Hall–Kier alpha value is -1.80. The van der Waals surface area contributed by atoms with Crippen LogP contribution >= 0.6 is 11.6 Å². The van der Waals surface area contributed by atoms with E-state index >= 15 is 0 Å². The number of fused-ring (bicyclic) bond motifs is 1. The highest BCUT2D eigenvalue weighted by Crippen LogP contribution is 2.42. The van der Waals surface area contributed by atoms with Gasteiger partial charge < -0.3 is 4.74 Å². The molecule has 1 aliphatic heterocycles. The molecule has 23 heavy (non-hydrogen) atoms. The van der Waals surface area contributed by atoms with E-state index in [1.165, 1.54) is 24.8 Å². The van der Waals surface area contributed by atoms with E-state index in [2.05, 4.69) is 30.3 Å². The van der Waals surface area contributed by atoms with Gasteiger partial charge in [0.1, 0.15) is 6.10 Å². The topological polar surface area (TPSA) is 21.6 Å². The molecule has 118 valence electrons. The first kappa shape index (κ1) is 14.8. The molecule has 1 fully saturated rings. The van der Waals surface area contributed by atoms with Crippen LogP contribution in [0.3, 0.4) is 0 Å². The molecule has 4 rings (SSSR count). The number of rotatable bonds is 2. The second kappa shape index (κ2) is 6.37. The summed E-state index contributed by atoms with van der Waals surface area (Å²) < 4.78 is 6.27. The van der Waals surface area contributed by atoms with Gasteiger partial charge in [-0.15, -0.1) is 0 Å². The molecule has 0 radical (unpaired) electrons. The smallest absolute Gasteiger partial charge is 0.217 e. The zero-order chi connectivity index (χ0) is 15.6. The Labute approximate surface area is 142 Å². The van der Waals surface area contributed by atoms with Crippen LogP contribution in [-0.2, 0) is 4.74 Å². The van der Waals surface area contributed by atoms with Crippen molar-refractivity contribution in [2.45, 2.75) is 37.8 Å². The standard InChI is InChI=1S/C20H20ClNO/c21-16-10-6-9-15(13-16)20-22-19(14-7-2-1-3-8-14)17-11-4-5-12-18(17)23-20/h1-3,6-10,13,17-19H,4-5,11-12H2/t17-,18+,19-/m0/s1. The van der Waals surface area contributed by atoms with Crippen LogP contribution in [0.25, 0.3) is 0 Å². The molecule has 1 aliphatic carbocycles. The van der Waals surface area contributed by atoms with Crippen molar-refractivity contribution >= 4 is 17.5 Å². The van der Waals surface area contributed by atoms with Gasteiger partial charge in [0, 0.05) is 16.5 Å². The van der Waals surface area contributed by atoms with Gasteiger partial charge in [0.05, 0.1) is 6.04 Å². The summed E-state index contributed by atoms with van der Waals surface area (Å²) in [5, 5.41) is 0.718. The zero-order valence-electron chi connectivity index (χ0n) is 13.0. The van der Waals surface area contributed by atoms with Crippen LogP contribution in [0.15, 0.2) is 59.6 Å². The Morgan fingerprint density at radius 3 is 2.61 bits per heavy atom. The number of nitrogens with zero attached hydrogens (tertiary/aromatic N) is 1. The minimum Gasteiger partial charge on any atom is -0.474 e. The van der Waals surface area contributed by atoms with Crippen molar-refractivity contribution in [3.8, 4) is 0 Å². The lowest BCUT2D eigenvalue weighted by molar-refractivity contribution is 0.0501. The van der Waals surface area contributed by atoms with Crippen molar-refractivity contribution in [3.05, 3.63) is 70.7 Å². The van der Waals surface area contributed by atoms with Crippen LogP contribution in [0, 0.1) is 5.92 Å². The molecule has 0 amide bonds. The summed E-state index contributed by atoms with van der Waals surface area (Å²) in [6, 6.07) is 18.6. The molecule has 2 nitrogen and oxygen atoms in total. The molecule has 3 atom stereocenters. The first-order valence-electron chi connectivity index (χ1n) is 8.36. The molecule has 3 heteroatoms. The third kappa shape index (κ3) is 3.00. The van der Waals surface area contributed by atoms with Crippen LogP contribution in [0.5, 0.6) is 0 Å². The summed E-state index contributed by atoms with van der Waals surface area (Å²) in [7, 11) is 0. The third-order valence-electron chi connectivity index (χ3n) is 4.89. The fourth-order valence-electron chi connectivity index (χ4n) is 3.76. The van der Waals surface area contributed by atoms with Crippen LogP contribution in [-0.4, -0.2) is 12.0 Å². The first-order chi connectivity index (χ1) is 11.3. The highest BCUT2D eigenvalue weighted by molar-refractivity contribution is 6.30. The van der Waals surface area contributed by atoms with Gasteiger partial charge in [0.25, 0.3) is 0 Å². The fraction of sp³-hybridized carbons (Fsp3) is 0.350. The van der Waals surface area contributed by atoms with E-state index in [0.29, 0.717) is 5.92 Å². The highest BCUT2D eigenvalue weighted by atomic mass is 35.5. The van der Waals surface area contributed by atoms with Crippen molar-refractivity contribution in [2.24, 2.45) is 10.9 Å². The molecule has 0 spiro atoms. The van der Waals surface area contributed by atoms with Gasteiger partial charge >= 0.3 is 0 Å². The maximum absolute atomic E-state index is 6.27. The van der Waals surface area contributed by atoms with Gasteiger partial charge in [0.2, 0.25) is 5.90 Å². The Balaban J connectivity index is 1.75. The third-order valence-corrected chi connectivity index (χ3v) is 5.13. The zero-order valence-corrected chi connectivity index (χ0v) is 13.7. The van der Waals surface area contributed by atoms with Crippen molar-refractivity contribution in [1.82, 2.24) is 0 Å². The number of hydrogen-bond donors (Lipinski definition) is 0. The molecule has 2 aromatic carbocycles. The number of benzene rings is 2. The lowest BCUT2D eigenvalue weighted by Crippen LogP contribution is -2.38. The monoisotopic (exact) mass is 325 g/mol. The summed E-state index contributed by atoms with van der Waals surface area (Å²) in [6.07, 6.45) is 5.09. The van der Waals surface area contributed by atoms with Crippen LogP contribution in [0.1, 0.15) is 42.9 Å². The Morgan fingerprint density at radius 1 is 0.957 bits per heavy atom. The van der Waals surface area contributed by atoms with E-state index < -0.39 is 0 Å². The molecule has 0 N–H and O–H groups in total. The average molecular weight is 326 g/mol. The summed E-state index contributed by atoms with van der Waals surface area (Å²) in [5.41, 5.74) is 2.26. The van der Waals surface area contributed by atoms with Gasteiger partial charge in [-0.1, -0.05) is 54.4 Å². The van der Waals surface area contributed by atoms with E-state index in [4.69, 9.17) is 21.3 Å². The van der Waals surface area contributed by atoms with Crippen LogP contribution in [0.2, 0.25) is 5.02 Å². The number of hydrogen-bond acceptors (Lipinski definition) is 2. The molecular formula is C20H20ClNO. The predicted octanol–water partition coefficient (Wildman–Crippen LogP) is 5.42. The summed E-state index contributed by atoms with van der Waals surface area (Å²) in [5.74, 6) is 1.22. The molecule has 0 unspecified atom stereocenters. The van der Waals surface area contributed by atoms with Gasteiger partial charge in [-0.2, -0.15) is 0 Å². The maximum atomic E-state index is 6.27. The number of aliphatic imine (C=N–C) groups is 1. The molecule has 0 bridgehead atoms. The van der Waals surface area contributed by atoms with E-state index in [0.717, 1.165) is 22.9 Å². The Morgan fingerprint density at radius 2 is 1.78 bits per heavy atom. The largest absolute Gasteiger partial charge is 0.474 e. The van der Waals surface area contributed by atoms with Gasteiger partial charge in [0.15, 0.2) is 0 Å². The maximum Gasteiger partial charge on any atom is 0.217 e. The molecule has 0 aromatic heterocycles. The molecule has 0 saturated heterocycles. The SMILES string of the molecule is Clc1cccc(C2=N[C@@H](c3ccccc3)[C@H]3CCCC[C@H]3O2)c1. The van der Waals surface area contributed by atoms with Crippen molar-refractivity contribution in [1.29, 1.82) is 0 Å². The van der Waals surface area contributed by atoms with Crippen LogP contribution in [0.4, 0.5) is 0 Å². The summed E-state index contributed by atoms with van der Waals surface area (Å²) >= 11 is 6.14. The fourth-order valence-corrected chi connectivity index (χ4v) is 3.96. The predicted molar refractivity (Wildman–Crippen MR) is 94.0 cm³/mol. The molecule has 1 heterocycles. The van der Waals surface area contributed by atoms with Gasteiger partial charge in [-0.25, -0.2) is 4.99 Å². The van der Waals surface area contributed by atoms with E-state index in [9.17, 15) is 0 Å². The van der Waals surface area contributed by atoms with Crippen molar-refractivity contribution in [3.63, 3.8) is 0 Å². The molecule has 1 saturated carbocycles. The quantitative estimate of drug-likeness (QED) is 0.722. The molecule has 2 aliphatic rings. The number of halogens is 1. The summed E-state index contributed by atoms with van der Waals surface area (Å²) in [4.78, 5) is 4.98. The summed E-state index contributed by atoms with van der Waals surface area (Å²) in [6.45, 7) is 0. The van der Waals surface area contributed by atoms with Gasteiger partial charge in [-0.05, 0) is 43.0 Å². The molecule has 2 aromatic rings. The minimum absolute atomic E-state index is 0.184. The normalized spacial score (nSPS) is 26.8. The van der Waals surface area contributed by atoms with E-state index in [-0.39, 0.29) is 12.1 Å². The Bertz CT molecular complexity index is 713. The first-order valence-corrected chi connectivity index (χ1v) is 8.74. The van der Waals surface area contributed by atoms with Crippen molar-refractivity contribution in [2.75, 3.05) is 0 Å². The second-order valence-corrected chi connectivity index (χ2v) is 6.84.